The van der Waals surface area contributed by atoms with Gasteiger partial charge in [-0.2, -0.15) is 0 Å². The Kier molecular flexibility index (Phi) is 3.56. The predicted octanol–water partition coefficient (Wildman–Crippen LogP) is -0.619. The molecule has 0 amide bonds. The van der Waals surface area contributed by atoms with Crippen molar-refractivity contribution in [1.82, 2.24) is 10.2 Å². The summed E-state index contributed by atoms with van der Waals surface area (Å²) in [5, 5.41) is 11.9. The lowest BCUT2D eigenvalue weighted by Gasteiger charge is -2.28. The van der Waals surface area contributed by atoms with Crippen molar-refractivity contribution in [3.63, 3.8) is 0 Å². The smallest absolute Gasteiger partial charge is 0.320 e. The quantitative estimate of drug-likeness (QED) is 0.655. The zero-order valence-corrected chi connectivity index (χ0v) is 8.82. The predicted molar refractivity (Wildman–Crippen MR) is 54.8 cm³/mol. The van der Waals surface area contributed by atoms with E-state index in [9.17, 15) is 4.79 Å². The average Bonchev–Trinajstić information content (AvgIpc) is 2.68. The number of hydrogen-bond acceptors (Lipinski definition) is 4. The SMILES string of the molecule is O=C(O)C1CC(CN2CCOCC2)CN1. The summed E-state index contributed by atoms with van der Waals surface area (Å²) in [4.78, 5) is 13.1. The van der Waals surface area contributed by atoms with Crippen LogP contribution in [0.25, 0.3) is 0 Å². The first-order chi connectivity index (χ1) is 7.25. The van der Waals surface area contributed by atoms with Crippen LogP contribution in [0.3, 0.4) is 0 Å². The van der Waals surface area contributed by atoms with Crippen molar-refractivity contribution >= 4 is 5.97 Å². The van der Waals surface area contributed by atoms with Crippen molar-refractivity contribution in [3.8, 4) is 0 Å². The number of carboxylic acids is 1. The normalized spacial score (nSPS) is 33.1. The van der Waals surface area contributed by atoms with Crippen LogP contribution in [0.5, 0.6) is 0 Å². The second-order valence-electron chi connectivity index (χ2n) is 4.31. The molecule has 2 aliphatic heterocycles. The van der Waals surface area contributed by atoms with Gasteiger partial charge in [-0.15, -0.1) is 0 Å². The fourth-order valence-corrected chi connectivity index (χ4v) is 2.29. The van der Waals surface area contributed by atoms with Crippen LogP contribution < -0.4 is 5.32 Å². The molecule has 0 aromatic heterocycles. The van der Waals surface area contributed by atoms with Crippen molar-refractivity contribution in [2.45, 2.75) is 12.5 Å². The molecule has 2 fully saturated rings. The largest absolute Gasteiger partial charge is 0.480 e. The molecule has 2 rings (SSSR count). The van der Waals surface area contributed by atoms with Crippen molar-refractivity contribution in [3.05, 3.63) is 0 Å². The molecule has 0 radical (unpaired) electrons. The number of aliphatic carboxylic acids is 1. The summed E-state index contributed by atoms with van der Waals surface area (Å²) >= 11 is 0. The molecule has 0 bridgehead atoms. The molecule has 2 N–H and O–H groups in total. The standard InChI is InChI=1S/C10H18N2O3/c13-10(14)9-5-8(6-11-9)7-12-1-3-15-4-2-12/h8-9,11H,1-7H2,(H,13,14). The Balaban J connectivity index is 1.74. The molecule has 2 unspecified atom stereocenters. The molecule has 15 heavy (non-hydrogen) atoms. The number of carbonyl (C=O) groups is 1. The van der Waals surface area contributed by atoms with E-state index in [-0.39, 0.29) is 6.04 Å². The van der Waals surface area contributed by atoms with Crippen LogP contribution in [0, 0.1) is 5.92 Å². The zero-order chi connectivity index (χ0) is 10.7. The van der Waals surface area contributed by atoms with Crippen LogP contribution in [0.1, 0.15) is 6.42 Å². The Labute approximate surface area is 89.4 Å². The average molecular weight is 214 g/mol. The highest BCUT2D eigenvalue weighted by Gasteiger charge is 2.30. The molecule has 2 aliphatic rings. The Morgan fingerprint density at radius 3 is 2.80 bits per heavy atom. The molecule has 0 aromatic rings. The molecule has 86 valence electrons. The fourth-order valence-electron chi connectivity index (χ4n) is 2.29. The van der Waals surface area contributed by atoms with Gasteiger partial charge in [-0.25, -0.2) is 0 Å². The summed E-state index contributed by atoms with van der Waals surface area (Å²) in [5.41, 5.74) is 0. The summed E-state index contributed by atoms with van der Waals surface area (Å²) in [6.45, 7) is 5.40. The third-order valence-electron chi connectivity index (χ3n) is 3.14. The van der Waals surface area contributed by atoms with Gasteiger partial charge in [0.2, 0.25) is 0 Å². The Bertz CT molecular complexity index is 229. The molecule has 5 heteroatoms. The number of nitrogens with zero attached hydrogens (tertiary/aromatic N) is 1. The summed E-state index contributed by atoms with van der Waals surface area (Å²) in [6, 6.07) is -0.337. The van der Waals surface area contributed by atoms with Crippen LogP contribution in [-0.2, 0) is 9.53 Å². The number of nitrogens with one attached hydrogen (secondary N) is 1. The maximum atomic E-state index is 10.7. The molecule has 2 heterocycles. The van der Waals surface area contributed by atoms with Gasteiger partial charge in [0.1, 0.15) is 6.04 Å². The van der Waals surface area contributed by atoms with Gasteiger partial charge >= 0.3 is 5.97 Å². The van der Waals surface area contributed by atoms with Gasteiger partial charge in [-0.3, -0.25) is 9.69 Å². The van der Waals surface area contributed by atoms with E-state index in [2.05, 4.69) is 10.2 Å². The van der Waals surface area contributed by atoms with Crippen LogP contribution in [-0.4, -0.2) is 61.4 Å². The second-order valence-corrected chi connectivity index (χ2v) is 4.31. The number of carboxylic acid groups (broad SMARTS) is 1. The molecule has 2 atom stereocenters. The van der Waals surface area contributed by atoms with Gasteiger partial charge in [0.05, 0.1) is 13.2 Å². The van der Waals surface area contributed by atoms with Crippen LogP contribution >= 0.6 is 0 Å². The highest BCUT2D eigenvalue weighted by atomic mass is 16.5. The number of hydrogen-bond donors (Lipinski definition) is 2. The van der Waals surface area contributed by atoms with Crippen LogP contribution in [0.15, 0.2) is 0 Å². The minimum atomic E-state index is -0.723. The maximum Gasteiger partial charge on any atom is 0.320 e. The highest BCUT2D eigenvalue weighted by Crippen LogP contribution is 2.16. The molecule has 5 nitrogen and oxygen atoms in total. The minimum Gasteiger partial charge on any atom is -0.480 e. The number of rotatable bonds is 3. The lowest BCUT2D eigenvalue weighted by molar-refractivity contribution is -0.139. The van der Waals surface area contributed by atoms with Crippen molar-refractivity contribution < 1.29 is 14.6 Å². The van der Waals surface area contributed by atoms with E-state index in [0.717, 1.165) is 45.8 Å². The first kappa shape index (κ1) is 10.9. The lowest BCUT2D eigenvalue weighted by Crippen LogP contribution is -2.39. The molecular weight excluding hydrogens is 196 g/mol. The molecule has 0 saturated carbocycles. The summed E-state index contributed by atoms with van der Waals surface area (Å²) in [7, 11) is 0. The van der Waals surface area contributed by atoms with E-state index >= 15 is 0 Å². The van der Waals surface area contributed by atoms with Gasteiger partial charge in [-0.05, 0) is 12.3 Å². The fraction of sp³-hybridized carbons (Fsp3) is 0.900. The van der Waals surface area contributed by atoms with E-state index in [0.29, 0.717) is 5.92 Å². The van der Waals surface area contributed by atoms with Gasteiger partial charge < -0.3 is 15.2 Å². The van der Waals surface area contributed by atoms with Gasteiger partial charge in [0, 0.05) is 26.2 Å². The highest BCUT2D eigenvalue weighted by molar-refractivity contribution is 5.73. The van der Waals surface area contributed by atoms with E-state index in [1.165, 1.54) is 0 Å². The summed E-state index contributed by atoms with van der Waals surface area (Å²) in [6.07, 6.45) is 0.757. The maximum absolute atomic E-state index is 10.7. The van der Waals surface area contributed by atoms with Crippen molar-refractivity contribution in [2.24, 2.45) is 5.92 Å². The van der Waals surface area contributed by atoms with Crippen LogP contribution in [0.2, 0.25) is 0 Å². The van der Waals surface area contributed by atoms with Crippen molar-refractivity contribution in [2.75, 3.05) is 39.4 Å². The van der Waals surface area contributed by atoms with Crippen LogP contribution in [0.4, 0.5) is 0 Å². The monoisotopic (exact) mass is 214 g/mol. The molecule has 0 spiro atoms. The Hall–Kier alpha value is -0.650. The van der Waals surface area contributed by atoms with Gasteiger partial charge in [0.15, 0.2) is 0 Å². The molecule has 2 saturated heterocycles. The second kappa shape index (κ2) is 4.92. The van der Waals surface area contributed by atoms with E-state index in [1.807, 2.05) is 0 Å². The third kappa shape index (κ3) is 2.90. The molecule has 0 aliphatic carbocycles. The van der Waals surface area contributed by atoms with Crippen molar-refractivity contribution in [1.29, 1.82) is 0 Å². The Morgan fingerprint density at radius 1 is 1.47 bits per heavy atom. The van der Waals surface area contributed by atoms with Gasteiger partial charge in [-0.1, -0.05) is 0 Å². The summed E-state index contributed by atoms with van der Waals surface area (Å²) in [5.74, 6) is -0.247. The first-order valence-corrected chi connectivity index (χ1v) is 5.52. The lowest BCUT2D eigenvalue weighted by atomic mass is 10.0. The van der Waals surface area contributed by atoms with Gasteiger partial charge in [0.25, 0.3) is 0 Å². The van der Waals surface area contributed by atoms with E-state index < -0.39 is 5.97 Å². The number of morpholine rings is 1. The Morgan fingerprint density at radius 2 is 2.20 bits per heavy atom. The number of ether oxygens (including phenoxy) is 1. The molecule has 0 aromatic carbocycles. The molecular formula is C10H18N2O3. The zero-order valence-electron chi connectivity index (χ0n) is 8.82. The third-order valence-corrected chi connectivity index (χ3v) is 3.14. The summed E-state index contributed by atoms with van der Waals surface area (Å²) < 4.78 is 5.27. The van der Waals surface area contributed by atoms with E-state index in [4.69, 9.17) is 9.84 Å². The minimum absolute atomic E-state index is 0.337. The first-order valence-electron chi connectivity index (χ1n) is 5.52. The van der Waals surface area contributed by atoms with E-state index in [1.54, 1.807) is 0 Å². The topological polar surface area (TPSA) is 61.8 Å².